The first-order valence-corrected chi connectivity index (χ1v) is 8.55. The van der Waals surface area contributed by atoms with Crippen molar-refractivity contribution in [1.82, 2.24) is 14.5 Å². The van der Waals surface area contributed by atoms with E-state index in [-0.39, 0.29) is 25.1 Å². The van der Waals surface area contributed by atoms with Gasteiger partial charge in [-0.25, -0.2) is 4.98 Å². The van der Waals surface area contributed by atoms with Crippen LogP contribution < -0.4 is 0 Å². The van der Waals surface area contributed by atoms with Crippen LogP contribution in [0.5, 0.6) is 0 Å². The van der Waals surface area contributed by atoms with Gasteiger partial charge in [0.1, 0.15) is 30.5 Å². The molecule has 0 unspecified atom stereocenters. The van der Waals surface area contributed by atoms with E-state index in [4.69, 9.17) is 4.42 Å². The predicted octanol–water partition coefficient (Wildman–Crippen LogP) is 2.62. The van der Waals surface area contributed by atoms with Crippen LogP contribution in [0.4, 0.5) is 0 Å². The summed E-state index contributed by atoms with van der Waals surface area (Å²) < 4.78 is 7.45. The minimum atomic E-state index is -0.192. The Morgan fingerprint density at radius 3 is 2.80 bits per heavy atom. The summed E-state index contributed by atoms with van der Waals surface area (Å²) in [5.41, 5.74) is 1.66. The number of rotatable bonds is 6. The number of carbonyl (C=O) groups is 1. The van der Waals surface area contributed by atoms with Crippen LogP contribution in [0.1, 0.15) is 30.2 Å². The van der Waals surface area contributed by atoms with Gasteiger partial charge in [-0.05, 0) is 44.0 Å². The van der Waals surface area contributed by atoms with Crippen LogP contribution in [0.3, 0.4) is 0 Å². The van der Waals surface area contributed by atoms with Gasteiger partial charge in [0.25, 0.3) is 0 Å². The molecule has 3 aromatic rings. The van der Waals surface area contributed by atoms with Gasteiger partial charge in [-0.1, -0.05) is 12.1 Å². The van der Waals surface area contributed by atoms with E-state index in [1.54, 1.807) is 4.57 Å². The molecule has 4 rings (SSSR count). The normalized spacial score (nSPS) is 14.2. The fraction of sp³-hybridized carbons (Fsp3) is 0.368. The van der Waals surface area contributed by atoms with Crippen molar-refractivity contribution in [1.29, 1.82) is 0 Å². The Labute approximate surface area is 145 Å². The zero-order valence-corrected chi connectivity index (χ0v) is 14.2. The van der Waals surface area contributed by atoms with E-state index < -0.39 is 0 Å². The zero-order chi connectivity index (χ0) is 17.4. The van der Waals surface area contributed by atoms with E-state index in [2.05, 4.69) is 4.98 Å². The second-order valence-electron chi connectivity index (χ2n) is 6.53. The summed E-state index contributed by atoms with van der Waals surface area (Å²) in [6.45, 7) is 2.37. The van der Waals surface area contributed by atoms with Crippen molar-refractivity contribution in [2.24, 2.45) is 0 Å². The van der Waals surface area contributed by atoms with E-state index in [1.165, 1.54) is 0 Å². The minimum absolute atomic E-state index is 0.0226. The van der Waals surface area contributed by atoms with Gasteiger partial charge in [0.15, 0.2) is 0 Å². The summed E-state index contributed by atoms with van der Waals surface area (Å²) in [7, 11) is 0. The highest BCUT2D eigenvalue weighted by molar-refractivity contribution is 5.81. The third kappa shape index (κ3) is 3.17. The maximum Gasteiger partial charge on any atom is 0.243 e. The second-order valence-corrected chi connectivity index (χ2v) is 6.53. The lowest BCUT2D eigenvalue weighted by atomic mass is 10.3. The number of aromatic nitrogens is 2. The second kappa shape index (κ2) is 6.37. The Balaban J connectivity index is 1.59. The van der Waals surface area contributed by atoms with Gasteiger partial charge in [0.2, 0.25) is 5.91 Å². The van der Waals surface area contributed by atoms with Gasteiger partial charge in [0.05, 0.1) is 17.6 Å². The molecule has 1 amide bonds. The molecular weight excluding hydrogens is 318 g/mol. The number of imidazole rings is 1. The number of furan rings is 1. The average Bonchev–Trinajstić information content (AvgIpc) is 3.28. The molecule has 1 aliphatic carbocycles. The Morgan fingerprint density at radius 2 is 2.12 bits per heavy atom. The summed E-state index contributed by atoms with van der Waals surface area (Å²) in [6, 6.07) is 11.7. The number of hydrogen-bond acceptors (Lipinski definition) is 4. The molecule has 2 heterocycles. The van der Waals surface area contributed by atoms with Crippen molar-refractivity contribution in [2.45, 2.75) is 45.5 Å². The zero-order valence-electron chi connectivity index (χ0n) is 14.2. The Kier molecular flexibility index (Phi) is 4.05. The number of carbonyl (C=O) groups excluding carboxylic acids is 1. The molecule has 2 aromatic heterocycles. The standard InChI is InChI=1S/C19H21N3O3/c1-13-6-9-15(25-13)10-21(14-7-8-14)19(24)11-22-17-5-3-2-4-16(17)20-18(22)12-23/h2-6,9,14,23H,7-8,10-12H2,1H3. The van der Waals surface area contributed by atoms with Crippen molar-refractivity contribution in [3.63, 3.8) is 0 Å². The molecule has 130 valence electrons. The van der Waals surface area contributed by atoms with Crippen molar-refractivity contribution >= 4 is 16.9 Å². The lowest BCUT2D eigenvalue weighted by Gasteiger charge is -2.22. The highest BCUT2D eigenvalue weighted by atomic mass is 16.3. The molecule has 0 atom stereocenters. The molecule has 1 aliphatic rings. The van der Waals surface area contributed by atoms with Crippen LogP contribution in [-0.4, -0.2) is 31.5 Å². The lowest BCUT2D eigenvalue weighted by Crippen LogP contribution is -2.35. The van der Waals surface area contributed by atoms with Gasteiger partial charge in [0, 0.05) is 6.04 Å². The lowest BCUT2D eigenvalue weighted by molar-refractivity contribution is -0.133. The number of nitrogens with zero attached hydrogens (tertiary/aromatic N) is 3. The van der Waals surface area contributed by atoms with Crippen molar-refractivity contribution < 1.29 is 14.3 Å². The van der Waals surface area contributed by atoms with Gasteiger partial charge >= 0.3 is 0 Å². The van der Waals surface area contributed by atoms with Crippen molar-refractivity contribution in [2.75, 3.05) is 0 Å². The molecule has 1 saturated carbocycles. The maximum atomic E-state index is 13.0. The summed E-state index contributed by atoms with van der Waals surface area (Å²) in [6.07, 6.45) is 2.06. The first-order valence-electron chi connectivity index (χ1n) is 8.55. The third-order valence-corrected chi connectivity index (χ3v) is 4.60. The van der Waals surface area contributed by atoms with Gasteiger partial charge in [-0.15, -0.1) is 0 Å². The summed E-state index contributed by atoms with van der Waals surface area (Å²) in [5, 5.41) is 9.61. The highest BCUT2D eigenvalue weighted by Gasteiger charge is 2.33. The Bertz CT molecular complexity index is 908. The van der Waals surface area contributed by atoms with E-state index >= 15 is 0 Å². The topological polar surface area (TPSA) is 71.5 Å². The van der Waals surface area contributed by atoms with E-state index in [0.29, 0.717) is 12.4 Å². The molecule has 25 heavy (non-hydrogen) atoms. The van der Waals surface area contributed by atoms with E-state index in [0.717, 1.165) is 35.4 Å². The van der Waals surface area contributed by atoms with Gasteiger partial charge in [-0.3, -0.25) is 4.79 Å². The van der Waals surface area contributed by atoms with Crippen LogP contribution in [0.2, 0.25) is 0 Å². The number of hydrogen-bond donors (Lipinski definition) is 1. The Morgan fingerprint density at radius 1 is 1.32 bits per heavy atom. The molecule has 0 radical (unpaired) electrons. The Hall–Kier alpha value is -2.60. The molecular formula is C19H21N3O3. The first-order chi connectivity index (χ1) is 12.2. The SMILES string of the molecule is Cc1ccc(CN(C(=O)Cn2c(CO)nc3ccccc32)C2CC2)o1. The smallest absolute Gasteiger partial charge is 0.243 e. The molecule has 0 aliphatic heterocycles. The molecule has 6 heteroatoms. The van der Waals surface area contributed by atoms with Crippen molar-refractivity contribution in [3.8, 4) is 0 Å². The molecule has 0 saturated heterocycles. The van der Waals surface area contributed by atoms with E-state index in [1.807, 2.05) is 48.2 Å². The van der Waals surface area contributed by atoms with E-state index in [9.17, 15) is 9.90 Å². The van der Waals surface area contributed by atoms with Gasteiger partial charge in [-0.2, -0.15) is 0 Å². The molecule has 0 spiro atoms. The number of benzene rings is 1. The van der Waals surface area contributed by atoms with Crippen LogP contribution in [0.15, 0.2) is 40.8 Å². The first kappa shape index (κ1) is 15.9. The summed E-state index contributed by atoms with van der Waals surface area (Å²) >= 11 is 0. The number of amides is 1. The molecule has 1 N–H and O–H groups in total. The molecule has 0 bridgehead atoms. The van der Waals surface area contributed by atoms with Crippen LogP contribution in [-0.2, 0) is 24.5 Å². The summed E-state index contributed by atoms with van der Waals surface area (Å²) in [4.78, 5) is 19.3. The predicted molar refractivity (Wildman–Crippen MR) is 92.7 cm³/mol. The summed E-state index contributed by atoms with van der Waals surface area (Å²) in [5.74, 6) is 2.19. The van der Waals surface area contributed by atoms with Crippen LogP contribution in [0.25, 0.3) is 11.0 Å². The third-order valence-electron chi connectivity index (χ3n) is 4.60. The molecule has 1 fully saturated rings. The number of fused-ring (bicyclic) bond motifs is 1. The van der Waals surface area contributed by atoms with Gasteiger partial charge < -0.3 is 19.0 Å². The highest BCUT2D eigenvalue weighted by Crippen LogP contribution is 2.29. The number of aryl methyl sites for hydroxylation is 1. The quantitative estimate of drug-likeness (QED) is 0.749. The minimum Gasteiger partial charge on any atom is -0.464 e. The number of para-hydroxylation sites is 2. The fourth-order valence-corrected chi connectivity index (χ4v) is 3.19. The van der Waals surface area contributed by atoms with Crippen molar-refractivity contribution in [3.05, 3.63) is 53.7 Å². The van der Waals surface area contributed by atoms with Crippen LogP contribution >= 0.6 is 0 Å². The number of aliphatic hydroxyl groups excluding tert-OH is 1. The van der Waals surface area contributed by atoms with Crippen LogP contribution in [0, 0.1) is 6.92 Å². The number of aliphatic hydroxyl groups is 1. The fourth-order valence-electron chi connectivity index (χ4n) is 3.19. The molecule has 6 nitrogen and oxygen atoms in total. The largest absolute Gasteiger partial charge is 0.464 e. The average molecular weight is 339 g/mol. The maximum absolute atomic E-state index is 13.0. The monoisotopic (exact) mass is 339 g/mol. The molecule has 1 aromatic carbocycles.